The fourth-order valence-corrected chi connectivity index (χ4v) is 5.52. The van der Waals surface area contributed by atoms with Gasteiger partial charge in [-0.2, -0.15) is 0 Å². The van der Waals surface area contributed by atoms with Crippen LogP contribution < -0.4 is 35.6 Å². The van der Waals surface area contributed by atoms with Crippen molar-refractivity contribution >= 4 is 17.5 Å². The summed E-state index contributed by atoms with van der Waals surface area (Å²) in [6.45, 7) is 5.76. The van der Waals surface area contributed by atoms with Crippen molar-refractivity contribution in [2.24, 2.45) is 5.92 Å². The average molecular weight is 589 g/mol. The van der Waals surface area contributed by atoms with Gasteiger partial charge in [-0.1, -0.05) is 19.9 Å². The van der Waals surface area contributed by atoms with Crippen molar-refractivity contribution < 1.29 is 23.8 Å². The van der Waals surface area contributed by atoms with Crippen LogP contribution in [0.1, 0.15) is 49.9 Å². The van der Waals surface area contributed by atoms with E-state index in [1.165, 1.54) is 6.92 Å². The van der Waals surface area contributed by atoms with Crippen LogP contribution in [0.25, 0.3) is 11.1 Å². The number of aryl methyl sites for hydroxylation is 1. The van der Waals surface area contributed by atoms with Gasteiger partial charge in [-0.3, -0.25) is 19.4 Å². The molecule has 2 atom stereocenters. The lowest BCUT2D eigenvalue weighted by Gasteiger charge is -2.22. The van der Waals surface area contributed by atoms with E-state index in [9.17, 15) is 14.4 Å². The van der Waals surface area contributed by atoms with Crippen molar-refractivity contribution in [1.29, 1.82) is 0 Å². The number of ether oxygens (including phenoxy) is 3. The van der Waals surface area contributed by atoms with E-state index in [1.807, 2.05) is 38.1 Å². The summed E-state index contributed by atoms with van der Waals surface area (Å²) in [5, 5.41) is 9.21. The number of carbonyl (C=O) groups excluding carboxylic acids is 2. The van der Waals surface area contributed by atoms with Crippen LogP contribution in [0.2, 0.25) is 0 Å². The molecule has 0 bridgehead atoms. The zero-order chi connectivity index (χ0) is 31.1. The molecule has 2 amide bonds. The van der Waals surface area contributed by atoms with Gasteiger partial charge in [0.25, 0.3) is 0 Å². The molecule has 43 heavy (non-hydrogen) atoms. The minimum absolute atomic E-state index is 0.103. The number of carbonyl (C=O) groups is 2. The van der Waals surface area contributed by atoms with Gasteiger partial charge in [0.1, 0.15) is 6.04 Å². The van der Waals surface area contributed by atoms with Crippen molar-refractivity contribution in [2.45, 2.75) is 52.1 Å². The second-order valence-electron chi connectivity index (χ2n) is 10.9. The van der Waals surface area contributed by atoms with Crippen LogP contribution in [-0.4, -0.2) is 50.7 Å². The topological polar surface area (TPSA) is 128 Å². The largest absolute Gasteiger partial charge is 0.493 e. The van der Waals surface area contributed by atoms with Crippen molar-refractivity contribution in [3.63, 3.8) is 0 Å². The monoisotopic (exact) mass is 588 g/mol. The summed E-state index contributed by atoms with van der Waals surface area (Å²) in [6.07, 6.45) is 5.26. The van der Waals surface area contributed by atoms with Crippen LogP contribution in [0.4, 0.5) is 5.69 Å². The van der Waals surface area contributed by atoms with Gasteiger partial charge in [0.2, 0.25) is 23.0 Å². The molecule has 3 N–H and O–H groups in total. The van der Waals surface area contributed by atoms with Gasteiger partial charge in [0.05, 0.1) is 33.1 Å². The zero-order valence-corrected chi connectivity index (χ0v) is 25.6. The molecule has 1 aromatic heterocycles. The maximum atomic E-state index is 13.7. The Morgan fingerprint density at radius 2 is 1.72 bits per heavy atom. The molecule has 0 fully saturated rings. The van der Waals surface area contributed by atoms with Gasteiger partial charge in [0.15, 0.2) is 11.5 Å². The third-order valence-corrected chi connectivity index (χ3v) is 7.64. The van der Waals surface area contributed by atoms with Crippen LogP contribution >= 0.6 is 0 Å². The molecule has 4 rings (SSSR count). The molecule has 1 aliphatic carbocycles. The highest BCUT2D eigenvalue weighted by Crippen LogP contribution is 2.50. The third-order valence-electron chi connectivity index (χ3n) is 7.64. The number of nitrogens with one attached hydrogen (secondary N) is 3. The summed E-state index contributed by atoms with van der Waals surface area (Å²) in [4.78, 5) is 43.2. The first kappa shape index (κ1) is 31.3. The van der Waals surface area contributed by atoms with E-state index in [0.29, 0.717) is 48.6 Å². The SMILES string of the molecule is COc1cc2c(c(OC)c1OC)-c1ccc(NC(C(=O)NCCc3ccncc3)C(C)C)c(=O)cc1C(NC(C)=O)CC2. The molecular weight excluding hydrogens is 548 g/mol. The van der Waals surface area contributed by atoms with Gasteiger partial charge >= 0.3 is 0 Å². The van der Waals surface area contributed by atoms with E-state index in [0.717, 1.165) is 22.3 Å². The number of anilines is 1. The maximum Gasteiger partial charge on any atom is 0.242 e. The van der Waals surface area contributed by atoms with Crippen molar-refractivity contribution in [3.8, 4) is 28.4 Å². The summed E-state index contributed by atoms with van der Waals surface area (Å²) in [6, 6.07) is 9.73. The Morgan fingerprint density at radius 1 is 1.00 bits per heavy atom. The molecule has 1 heterocycles. The number of pyridine rings is 1. The Hall–Kier alpha value is -4.60. The van der Waals surface area contributed by atoms with E-state index in [2.05, 4.69) is 20.9 Å². The first-order valence-corrected chi connectivity index (χ1v) is 14.4. The lowest BCUT2D eigenvalue weighted by atomic mass is 9.95. The molecule has 0 saturated carbocycles. The van der Waals surface area contributed by atoms with Gasteiger partial charge in [-0.15, -0.1) is 0 Å². The van der Waals surface area contributed by atoms with Crippen LogP contribution in [0.5, 0.6) is 17.2 Å². The molecular formula is C33H40N4O6. The molecule has 228 valence electrons. The highest BCUT2D eigenvalue weighted by Gasteiger charge is 2.30. The van der Waals surface area contributed by atoms with Crippen molar-refractivity contribution in [2.75, 3.05) is 33.2 Å². The predicted octanol–water partition coefficient (Wildman–Crippen LogP) is 4.05. The normalized spacial score (nSPS) is 14.4. The lowest BCUT2D eigenvalue weighted by Crippen LogP contribution is -2.44. The number of rotatable bonds is 11. The third kappa shape index (κ3) is 7.07. The summed E-state index contributed by atoms with van der Waals surface area (Å²) in [5.74, 6) is 0.931. The summed E-state index contributed by atoms with van der Waals surface area (Å²) in [5.41, 5.74) is 4.12. The predicted molar refractivity (Wildman–Crippen MR) is 166 cm³/mol. The van der Waals surface area contributed by atoms with Crippen molar-refractivity contribution in [3.05, 3.63) is 75.7 Å². The van der Waals surface area contributed by atoms with E-state index in [1.54, 1.807) is 45.9 Å². The molecule has 0 aliphatic heterocycles. The van der Waals surface area contributed by atoms with E-state index in [-0.39, 0.29) is 28.8 Å². The Morgan fingerprint density at radius 3 is 2.35 bits per heavy atom. The number of aromatic nitrogens is 1. The summed E-state index contributed by atoms with van der Waals surface area (Å²) >= 11 is 0. The highest BCUT2D eigenvalue weighted by molar-refractivity contribution is 5.86. The Balaban J connectivity index is 1.75. The van der Waals surface area contributed by atoms with Gasteiger partial charge in [-0.05, 0) is 77.8 Å². The minimum atomic E-state index is -0.648. The smallest absolute Gasteiger partial charge is 0.242 e. The molecule has 10 heteroatoms. The quantitative estimate of drug-likeness (QED) is 0.306. The van der Waals surface area contributed by atoms with Crippen LogP contribution in [0, 0.1) is 5.92 Å². The Kier molecular flexibility index (Phi) is 10.2. The number of nitrogens with zero attached hydrogens (tertiary/aromatic N) is 1. The fraction of sp³-hybridized carbons (Fsp3) is 0.394. The average Bonchev–Trinajstić information content (AvgIpc) is 3.23. The molecule has 3 aromatic rings. The van der Waals surface area contributed by atoms with E-state index < -0.39 is 12.1 Å². The summed E-state index contributed by atoms with van der Waals surface area (Å²) in [7, 11) is 4.67. The van der Waals surface area contributed by atoms with E-state index in [4.69, 9.17) is 14.2 Å². The maximum absolute atomic E-state index is 13.7. The van der Waals surface area contributed by atoms with Gasteiger partial charge in [0, 0.05) is 31.4 Å². The van der Waals surface area contributed by atoms with Crippen LogP contribution in [0.15, 0.2) is 53.6 Å². The standard InChI is InChI=1S/C33H40N4O6/c1-19(2)30(33(40)35-16-13-21-11-14-34-15-12-21)37-26-10-8-23-24(18-27(26)39)25(36-20(3)38)9-7-22-17-28(41-4)31(42-5)32(43-6)29(22)23/h8,10-12,14-15,17-19,25,30H,7,9,13,16H2,1-6H3,(H,35,40)(H,36,38)(H,37,39). The number of hydrogen-bond donors (Lipinski definition) is 3. The molecule has 10 nitrogen and oxygen atoms in total. The molecule has 2 unspecified atom stereocenters. The Labute approximate surface area is 252 Å². The highest BCUT2D eigenvalue weighted by atomic mass is 16.5. The van der Waals surface area contributed by atoms with Gasteiger partial charge < -0.3 is 30.2 Å². The first-order chi connectivity index (χ1) is 20.7. The molecule has 1 aliphatic rings. The van der Waals surface area contributed by atoms with Gasteiger partial charge in [-0.25, -0.2) is 0 Å². The number of methoxy groups -OCH3 is 3. The fourth-order valence-electron chi connectivity index (χ4n) is 5.52. The lowest BCUT2D eigenvalue weighted by molar-refractivity contribution is -0.122. The first-order valence-electron chi connectivity index (χ1n) is 14.4. The number of amides is 2. The van der Waals surface area contributed by atoms with Crippen LogP contribution in [0.3, 0.4) is 0 Å². The molecule has 0 radical (unpaired) electrons. The zero-order valence-electron chi connectivity index (χ0n) is 25.6. The second kappa shape index (κ2) is 14.0. The second-order valence-corrected chi connectivity index (χ2v) is 10.9. The number of fused-ring (bicyclic) bond motifs is 3. The summed E-state index contributed by atoms with van der Waals surface area (Å²) < 4.78 is 17.1. The van der Waals surface area contributed by atoms with Crippen LogP contribution in [-0.2, 0) is 22.4 Å². The molecule has 2 aromatic carbocycles. The molecule has 0 saturated heterocycles. The minimum Gasteiger partial charge on any atom is -0.493 e. The number of benzene rings is 1. The van der Waals surface area contributed by atoms with Crippen molar-refractivity contribution in [1.82, 2.24) is 15.6 Å². The molecule has 0 spiro atoms. The number of hydrogen-bond acceptors (Lipinski definition) is 8. The Bertz CT molecular complexity index is 1530. The van der Waals surface area contributed by atoms with E-state index >= 15 is 0 Å².